The summed E-state index contributed by atoms with van der Waals surface area (Å²) in [6.07, 6.45) is 10.2. The molecule has 0 aliphatic heterocycles. The van der Waals surface area contributed by atoms with E-state index in [-0.39, 0.29) is 0 Å². The number of hydrogen-bond acceptors (Lipinski definition) is 2. The summed E-state index contributed by atoms with van der Waals surface area (Å²) in [7, 11) is 2.06. The molecule has 0 saturated heterocycles. The number of carboxylic acids is 1. The molecular formula is C17H22ClNO2. The van der Waals surface area contributed by atoms with Crippen molar-refractivity contribution in [2.75, 3.05) is 11.9 Å². The van der Waals surface area contributed by atoms with Gasteiger partial charge in [-0.2, -0.15) is 0 Å². The van der Waals surface area contributed by atoms with Gasteiger partial charge in [0.2, 0.25) is 0 Å². The Morgan fingerprint density at radius 2 is 1.95 bits per heavy atom. The van der Waals surface area contributed by atoms with Crippen molar-refractivity contribution in [3.05, 3.63) is 34.9 Å². The number of benzene rings is 1. The fraction of sp³-hybridized carbons (Fsp3) is 0.471. The quantitative estimate of drug-likeness (QED) is 0.653. The lowest BCUT2D eigenvalue weighted by Crippen LogP contribution is -2.31. The minimum atomic E-state index is -0.946. The van der Waals surface area contributed by atoms with Crippen LogP contribution in [-0.4, -0.2) is 24.2 Å². The Balaban J connectivity index is 2.29. The number of nitrogens with zero attached hydrogens (tertiary/aromatic N) is 1. The van der Waals surface area contributed by atoms with Crippen LogP contribution < -0.4 is 4.90 Å². The first-order chi connectivity index (χ1) is 10.1. The molecule has 0 amide bonds. The predicted molar refractivity (Wildman–Crippen MR) is 88.0 cm³/mol. The molecule has 0 spiro atoms. The number of carbonyl (C=O) groups is 1. The number of carboxylic acid groups (broad SMARTS) is 1. The molecule has 1 saturated carbocycles. The van der Waals surface area contributed by atoms with Crippen molar-refractivity contribution in [1.29, 1.82) is 0 Å². The number of rotatable bonds is 4. The van der Waals surface area contributed by atoms with Gasteiger partial charge in [0.1, 0.15) is 0 Å². The maximum atomic E-state index is 10.8. The van der Waals surface area contributed by atoms with Crippen molar-refractivity contribution in [3.8, 4) is 0 Å². The van der Waals surface area contributed by atoms with E-state index in [2.05, 4.69) is 11.9 Å². The highest BCUT2D eigenvalue weighted by molar-refractivity contribution is 6.33. The first-order valence-electron chi connectivity index (χ1n) is 7.52. The van der Waals surface area contributed by atoms with E-state index in [1.54, 1.807) is 6.08 Å². The zero-order valence-electron chi connectivity index (χ0n) is 12.4. The molecule has 1 aliphatic rings. The van der Waals surface area contributed by atoms with Crippen LogP contribution in [0.2, 0.25) is 5.02 Å². The third kappa shape index (κ3) is 4.24. The van der Waals surface area contributed by atoms with Gasteiger partial charge in [0, 0.05) is 19.2 Å². The summed E-state index contributed by atoms with van der Waals surface area (Å²) >= 11 is 6.38. The summed E-state index contributed by atoms with van der Waals surface area (Å²) in [6, 6.07) is 6.11. The molecule has 1 aliphatic carbocycles. The second-order valence-corrected chi connectivity index (χ2v) is 6.01. The Bertz CT molecular complexity index is 520. The molecule has 0 unspecified atom stereocenters. The van der Waals surface area contributed by atoms with Crippen molar-refractivity contribution < 1.29 is 9.90 Å². The van der Waals surface area contributed by atoms with Gasteiger partial charge in [-0.25, -0.2) is 4.79 Å². The zero-order chi connectivity index (χ0) is 15.2. The fourth-order valence-electron chi connectivity index (χ4n) is 3.03. The topological polar surface area (TPSA) is 40.5 Å². The molecule has 1 aromatic rings. The van der Waals surface area contributed by atoms with Gasteiger partial charge in [0.15, 0.2) is 0 Å². The number of hydrogen-bond donors (Lipinski definition) is 1. The number of halogens is 1. The van der Waals surface area contributed by atoms with Gasteiger partial charge in [-0.1, -0.05) is 49.4 Å². The molecule has 0 atom stereocenters. The van der Waals surface area contributed by atoms with Gasteiger partial charge in [0.25, 0.3) is 0 Å². The van der Waals surface area contributed by atoms with Crippen LogP contribution in [0, 0.1) is 0 Å². The lowest BCUT2D eigenvalue weighted by atomic mass is 10.0. The average Bonchev–Trinajstić information content (AvgIpc) is 2.73. The summed E-state index contributed by atoms with van der Waals surface area (Å²) < 4.78 is 0. The Hall–Kier alpha value is -1.48. The monoisotopic (exact) mass is 307 g/mol. The van der Waals surface area contributed by atoms with Crippen molar-refractivity contribution in [3.63, 3.8) is 0 Å². The Labute approximate surface area is 131 Å². The second-order valence-electron chi connectivity index (χ2n) is 5.61. The third-order valence-electron chi connectivity index (χ3n) is 4.15. The Morgan fingerprint density at radius 3 is 2.57 bits per heavy atom. The summed E-state index contributed by atoms with van der Waals surface area (Å²) in [5, 5.41) is 9.50. The van der Waals surface area contributed by atoms with E-state index >= 15 is 0 Å². The fourth-order valence-corrected chi connectivity index (χ4v) is 3.34. The van der Waals surface area contributed by atoms with Gasteiger partial charge in [-0.05, 0) is 30.5 Å². The molecule has 1 N–H and O–H groups in total. The molecular weight excluding hydrogens is 286 g/mol. The molecule has 4 heteroatoms. The van der Waals surface area contributed by atoms with Crippen molar-refractivity contribution in [1.82, 2.24) is 0 Å². The van der Waals surface area contributed by atoms with Gasteiger partial charge >= 0.3 is 5.97 Å². The average molecular weight is 308 g/mol. The van der Waals surface area contributed by atoms with Crippen LogP contribution >= 0.6 is 11.6 Å². The van der Waals surface area contributed by atoms with Crippen LogP contribution in [-0.2, 0) is 4.79 Å². The maximum Gasteiger partial charge on any atom is 0.328 e. The molecule has 2 rings (SSSR count). The predicted octanol–water partition coefficient (Wildman–Crippen LogP) is 4.60. The van der Waals surface area contributed by atoms with Crippen molar-refractivity contribution in [2.24, 2.45) is 0 Å². The minimum Gasteiger partial charge on any atom is -0.478 e. The number of aliphatic carboxylic acids is 1. The van der Waals surface area contributed by atoms with Crippen molar-refractivity contribution >= 4 is 29.3 Å². The Kier molecular flexibility index (Phi) is 5.68. The molecule has 3 nitrogen and oxygen atoms in total. The standard InChI is InChI=1S/C17H22ClNO2/c1-19(14-8-4-2-3-5-9-14)17-13(11-12-16(20)21)7-6-10-15(17)18/h6-7,10-12,14H,2-5,8-9H2,1H3,(H,20,21)/b12-11+. The molecule has 1 fully saturated rings. The van der Waals surface area contributed by atoms with Crippen LogP contribution in [0.5, 0.6) is 0 Å². The van der Waals surface area contributed by atoms with Crippen LogP contribution in [0.3, 0.4) is 0 Å². The summed E-state index contributed by atoms with van der Waals surface area (Å²) in [5.41, 5.74) is 1.79. The van der Waals surface area contributed by atoms with Crippen LogP contribution in [0.4, 0.5) is 5.69 Å². The molecule has 1 aromatic carbocycles. The first-order valence-corrected chi connectivity index (χ1v) is 7.89. The van der Waals surface area contributed by atoms with Gasteiger partial charge in [-0.15, -0.1) is 0 Å². The molecule has 0 heterocycles. The highest BCUT2D eigenvalue weighted by Crippen LogP contribution is 2.34. The smallest absolute Gasteiger partial charge is 0.328 e. The van der Waals surface area contributed by atoms with E-state index in [4.69, 9.17) is 16.7 Å². The van der Waals surface area contributed by atoms with E-state index in [0.717, 1.165) is 17.3 Å². The van der Waals surface area contributed by atoms with Gasteiger partial charge in [-0.3, -0.25) is 0 Å². The van der Waals surface area contributed by atoms with Crippen molar-refractivity contribution in [2.45, 2.75) is 44.6 Å². The lowest BCUT2D eigenvalue weighted by molar-refractivity contribution is -0.131. The van der Waals surface area contributed by atoms with E-state index in [9.17, 15) is 4.79 Å². The third-order valence-corrected chi connectivity index (χ3v) is 4.45. The second kappa shape index (κ2) is 7.51. The van der Waals surface area contributed by atoms with Crippen LogP contribution in [0.1, 0.15) is 44.1 Å². The van der Waals surface area contributed by atoms with E-state index in [0.29, 0.717) is 11.1 Å². The SMILES string of the molecule is CN(c1c(Cl)cccc1/C=C/C(=O)O)C1CCCCCC1. The lowest BCUT2D eigenvalue weighted by Gasteiger charge is -2.31. The normalized spacial score (nSPS) is 16.9. The van der Waals surface area contributed by atoms with Crippen LogP contribution in [0.25, 0.3) is 6.08 Å². The number of anilines is 1. The largest absolute Gasteiger partial charge is 0.478 e. The number of para-hydroxylation sites is 1. The van der Waals surface area contributed by atoms with E-state index in [1.165, 1.54) is 38.5 Å². The maximum absolute atomic E-state index is 10.8. The highest BCUT2D eigenvalue weighted by Gasteiger charge is 2.20. The van der Waals surface area contributed by atoms with Gasteiger partial charge < -0.3 is 10.0 Å². The van der Waals surface area contributed by atoms with Gasteiger partial charge in [0.05, 0.1) is 10.7 Å². The molecule has 21 heavy (non-hydrogen) atoms. The zero-order valence-corrected chi connectivity index (χ0v) is 13.1. The molecule has 0 bridgehead atoms. The summed E-state index contributed by atoms with van der Waals surface area (Å²) in [4.78, 5) is 13.0. The summed E-state index contributed by atoms with van der Waals surface area (Å²) in [6.45, 7) is 0. The first kappa shape index (κ1) is 15.9. The minimum absolute atomic E-state index is 0.476. The van der Waals surface area contributed by atoms with Crippen LogP contribution in [0.15, 0.2) is 24.3 Å². The van der Waals surface area contributed by atoms with E-state index in [1.807, 2.05) is 18.2 Å². The Morgan fingerprint density at radius 1 is 1.29 bits per heavy atom. The molecule has 114 valence electrons. The van der Waals surface area contributed by atoms with E-state index < -0.39 is 5.97 Å². The summed E-state index contributed by atoms with van der Waals surface area (Å²) in [5.74, 6) is -0.946. The highest BCUT2D eigenvalue weighted by atomic mass is 35.5. The molecule has 0 radical (unpaired) electrons. The molecule has 0 aromatic heterocycles.